The number of benzene rings is 1. The molecule has 8 heteroatoms. The Labute approximate surface area is 231 Å². The van der Waals surface area contributed by atoms with E-state index in [0.29, 0.717) is 5.75 Å². The molecule has 5 nitrogen and oxygen atoms in total. The molecule has 0 unspecified atom stereocenters. The summed E-state index contributed by atoms with van der Waals surface area (Å²) in [6, 6.07) is 5.94. The number of phenols is 1. The summed E-state index contributed by atoms with van der Waals surface area (Å²) in [5.74, 6) is 1.33. The van der Waals surface area contributed by atoms with E-state index in [9.17, 15) is 5.11 Å². The van der Waals surface area contributed by atoms with Crippen molar-refractivity contribution >= 4 is 21.4 Å². The van der Waals surface area contributed by atoms with E-state index in [-0.39, 0.29) is 23.2 Å². The van der Waals surface area contributed by atoms with E-state index < -0.39 is 16.1 Å². The number of halogens is 1. The summed E-state index contributed by atoms with van der Waals surface area (Å²) in [4.78, 5) is 0. The third-order valence-electron chi connectivity index (χ3n) is 9.23. The third kappa shape index (κ3) is 6.34. The van der Waals surface area contributed by atoms with Crippen LogP contribution in [0.1, 0.15) is 96.3 Å². The molecule has 0 radical (unpaired) electrons. The van der Waals surface area contributed by atoms with Crippen LogP contribution >= 0.6 is 7.26 Å². The minimum absolute atomic E-state index is 0. The zero-order valence-corrected chi connectivity index (χ0v) is 26.2. The number of aromatic hydroxyl groups is 1. The second kappa shape index (κ2) is 14.3. The van der Waals surface area contributed by atoms with Crippen LogP contribution in [0.25, 0.3) is 0 Å². The van der Waals surface area contributed by atoms with Gasteiger partial charge in [0.15, 0.2) is 12.0 Å². The van der Waals surface area contributed by atoms with Crippen molar-refractivity contribution in [3.8, 4) is 11.5 Å². The van der Waals surface area contributed by atoms with Crippen molar-refractivity contribution in [1.82, 2.24) is 0 Å². The first-order chi connectivity index (χ1) is 17.1. The molecule has 0 heterocycles. The molecule has 3 aliphatic carbocycles. The molecule has 0 spiro atoms. The van der Waals surface area contributed by atoms with Gasteiger partial charge in [-0.05, 0) is 89.2 Å². The Balaban J connectivity index is 0.00000361. The molecule has 0 atom stereocenters. The summed E-state index contributed by atoms with van der Waals surface area (Å²) in [6.07, 6.45) is 20.6. The molecule has 4 rings (SSSR count). The number of hydrogen-bond donors (Lipinski definition) is 1. The van der Waals surface area contributed by atoms with Gasteiger partial charge in [0, 0.05) is 27.4 Å². The molecule has 0 amide bonds. The number of rotatable bonds is 10. The molecular weight excluding hydrogens is 555 g/mol. The van der Waals surface area contributed by atoms with Crippen molar-refractivity contribution in [2.24, 2.45) is 0 Å². The Morgan fingerprint density at radius 3 is 1.53 bits per heavy atom. The first-order valence-electron chi connectivity index (χ1n) is 14.1. The van der Waals surface area contributed by atoms with Gasteiger partial charge in [-0.2, -0.15) is 0 Å². The Morgan fingerprint density at radius 2 is 1.14 bits per heavy atom. The van der Waals surface area contributed by atoms with E-state index in [0.717, 1.165) is 22.7 Å². The average Bonchev–Trinajstić information content (AvgIpc) is 2.93. The smallest absolute Gasteiger partial charge is 0.539 e. The lowest BCUT2D eigenvalue weighted by molar-refractivity contribution is -0.0000127. The van der Waals surface area contributed by atoms with Gasteiger partial charge >= 0.3 is 8.80 Å². The molecule has 1 N–H and O–H groups in total. The Hall–Kier alpha value is -0.173. The van der Waals surface area contributed by atoms with Gasteiger partial charge in [-0.15, -0.1) is 0 Å². The van der Waals surface area contributed by atoms with Crippen molar-refractivity contribution in [3.05, 3.63) is 18.2 Å². The Kier molecular flexibility index (Phi) is 12.0. The van der Waals surface area contributed by atoms with Gasteiger partial charge in [0.25, 0.3) is 0 Å². The summed E-state index contributed by atoms with van der Waals surface area (Å²) in [5.41, 5.74) is 2.29. The standard InChI is InChI=1S/C28H47O5PSi.BrH/c1-30-35(31-2,32-3)22-33-27-20-19-23(29)21-28(27)34(24-13-7-4-8-14-24,25-15-9-5-10-16-25)26-17-11-6-12-18-26;/h19-21,24-26H,4-18,22H2,1-3H3;1H. The van der Waals surface area contributed by atoms with E-state index in [1.807, 2.05) is 6.07 Å². The van der Waals surface area contributed by atoms with Crippen molar-refractivity contribution in [3.63, 3.8) is 0 Å². The molecule has 3 saturated carbocycles. The van der Waals surface area contributed by atoms with Crippen molar-refractivity contribution in [1.29, 1.82) is 0 Å². The highest BCUT2D eigenvalue weighted by Crippen LogP contribution is 2.77. The second-order valence-electron chi connectivity index (χ2n) is 10.9. The quantitative estimate of drug-likeness (QED) is 0.326. The molecule has 0 aromatic heterocycles. The molecule has 1 aromatic carbocycles. The molecule has 1 aromatic rings. The normalized spacial score (nSPS) is 21.2. The second-order valence-corrected chi connectivity index (χ2v) is 18.2. The van der Waals surface area contributed by atoms with Crippen molar-refractivity contribution < 1.29 is 40.1 Å². The topological polar surface area (TPSA) is 57.2 Å². The average molecular weight is 604 g/mol. The fourth-order valence-corrected chi connectivity index (χ4v) is 16.2. The van der Waals surface area contributed by atoms with Gasteiger partial charge in [-0.1, -0.05) is 19.3 Å². The molecule has 0 bridgehead atoms. The van der Waals surface area contributed by atoms with E-state index >= 15 is 0 Å². The Bertz CT molecular complexity index is 736. The third-order valence-corrected chi connectivity index (χ3v) is 18.0. The fraction of sp³-hybridized carbons (Fsp3) is 0.786. The summed E-state index contributed by atoms with van der Waals surface area (Å²) < 4.78 is 23.7. The molecule has 0 aliphatic heterocycles. The van der Waals surface area contributed by atoms with E-state index in [1.54, 1.807) is 27.4 Å². The minimum atomic E-state index is -2.89. The Morgan fingerprint density at radius 1 is 0.722 bits per heavy atom. The maximum absolute atomic E-state index is 10.9. The predicted molar refractivity (Wildman–Crippen MR) is 148 cm³/mol. The molecule has 3 fully saturated rings. The molecular formula is C28H48BrO5PSi. The first-order valence-corrected chi connectivity index (χ1v) is 18.0. The lowest BCUT2D eigenvalue weighted by atomic mass is 9.99. The zero-order valence-electron chi connectivity index (χ0n) is 22.7. The van der Waals surface area contributed by atoms with E-state index in [2.05, 4.69) is 6.07 Å². The van der Waals surface area contributed by atoms with Gasteiger partial charge in [0.2, 0.25) is 0 Å². The van der Waals surface area contributed by atoms with Crippen LogP contribution in [-0.4, -0.2) is 58.4 Å². The lowest BCUT2D eigenvalue weighted by Crippen LogP contribution is -3.00. The van der Waals surface area contributed by atoms with Crippen LogP contribution in [0.15, 0.2) is 18.2 Å². The maximum Gasteiger partial charge on any atom is 0.539 e. The SMILES string of the molecule is CO[Si](COc1ccc(O)cc1[P+](C1CCCCC1)(C1CCCCC1)C1CCCCC1)(OC)OC.[Br-]. The van der Waals surface area contributed by atoms with Crippen LogP contribution in [0.4, 0.5) is 0 Å². The van der Waals surface area contributed by atoms with Crippen LogP contribution in [-0.2, 0) is 13.3 Å². The highest BCUT2D eigenvalue weighted by Gasteiger charge is 2.60. The molecule has 36 heavy (non-hydrogen) atoms. The lowest BCUT2D eigenvalue weighted by Gasteiger charge is -2.49. The van der Waals surface area contributed by atoms with Crippen LogP contribution in [0.3, 0.4) is 0 Å². The fourth-order valence-electron chi connectivity index (χ4n) is 7.53. The number of ether oxygens (including phenoxy) is 1. The first kappa shape index (κ1) is 30.4. The monoisotopic (exact) mass is 602 g/mol. The highest BCUT2D eigenvalue weighted by atomic mass is 79.9. The van der Waals surface area contributed by atoms with Crippen molar-refractivity contribution in [2.45, 2.75) is 113 Å². The van der Waals surface area contributed by atoms with E-state index in [4.69, 9.17) is 18.0 Å². The van der Waals surface area contributed by atoms with Crippen LogP contribution in [0.5, 0.6) is 11.5 Å². The molecule has 206 valence electrons. The van der Waals surface area contributed by atoms with Gasteiger partial charge in [-0.25, -0.2) is 0 Å². The van der Waals surface area contributed by atoms with Gasteiger partial charge in [0.1, 0.15) is 11.1 Å². The number of phenolic OH excluding ortho intramolecular Hbond substituents is 1. The van der Waals surface area contributed by atoms with E-state index in [1.165, 1.54) is 102 Å². The minimum Gasteiger partial charge on any atom is -1.00 e. The van der Waals surface area contributed by atoms with Crippen LogP contribution in [0.2, 0.25) is 0 Å². The van der Waals surface area contributed by atoms with Gasteiger partial charge < -0.3 is 40.1 Å². The zero-order chi connectivity index (χ0) is 24.7. The number of hydrogen-bond acceptors (Lipinski definition) is 5. The summed E-state index contributed by atoms with van der Waals surface area (Å²) >= 11 is 0. The van der Waals surface area contributed by atoms with Crippen LogP contribution < -0.4 is 27.0 Å². The molecule has 3 aliphatic rings. The molecule has 0 saturated heterocycles. The predicted octanol–water partition coefficient (Wildman–Crippen LogP) is 3.83. The largest absolute Gasteiger partial charge is 1.00 e. The van der Waals surface area contributed by atoms with Crippen LogP contribution in [0, 0.1) is 0 Å². The summed E-state index contributed by atoms with van der Waals surface area (Å²) in [5, 5.41) is 12.2. The van der Waals surface area contributed by atoms with Gasteiger partial charge in [0.05, 0.1) is 24.2 Å². The maximum atomic E-state index is 10.9. The van der Waals surface area contributed by atoms with Crippen molar-refractivity contribution in [2.75, 3.05) is 27.6 Å². The highest BCUT2D eigenvalue weighted by molar-refractivity contribution is 7.85. The summed E-state index contributed by atoms with van der Waals surface area (Å²) in [7, 11) is 0.402. The van der Waals surface area contributed by atoms with Gasteiger partial charge in [-0.3, -0.25) is 0 Å². The summed E-state index contributed by atoms with van der Waals surface area (Å²) in [6.45, 7) is 0.